The average Bonchev–Trinajstić information content (AvgIpc) is 3.00. The Balaban J connectivity index is 1.94. The van der Waals surface area contributed by atoms with Crippen LogP contribution in [0.1, 0.15) is 15.9 Å². The number of carbonyl (C=O) groups excluding carboxylic acids is 1. The molecule has 120 valence electrons. The van der Waals surface area contributed by atoms with E-state index in [4.69, 9.17) is 0 Å². The van der Waals surface area contributed by atoms with Crippen LogP contribution in [-0.2, 0) is 0 Å². The molecule has 6 rings (SSSR count). The smallest absolute Gasteiger partial charge is 0.194 e. The molecule has 0 heterocycles. The fraction of sp³-hybridized carbons (Fsp3) is 0. The third-order valence-corrected chi connectivity index (χ3v) is 5.58. The molecule has 5 aromatic rings. The lowest BCUT2D eigenvalue weighted by Crippen LogP contribution is -1.94. The van der Waals surface area contributed by atoms with Crippen LogP contribution in [0.3, 0.4) is 0 Å². The van der Waals surface area contributed by atoms with Crippen molar-refractivity contribution in [1.29, 1.82) is 0 Å². The topological polar surface area (TPSA) is 17.1 Å². The lowest BCUT2D eigenvalue weighted by molar-refractivity contribution is 0.104. The summed E-state index contributed by atoms with van der Waals surface area (Å²) in [5, 5.41) is 7.28. The van der Waals surface area contributed by atoms with Gasteiger partial charge in [-0.1, -0.05) is 78.9 Å². The molecule has 0 spiro atoms. The second kappa shape index (κ2) is 4.80. The Morgan fingerprint density at radius 3 is 1.92 bits per heavy atom. The molecule has 26 heavy (non-hydrogen) atoms. The van der Waals surface area contributed by atoms with E-state index in [-0.39, 0.29) is 5.78 Å². The Bertz CT molecular complexity index is 1390. The number of ketones is 1. The minimum absolute atomic E-state index is 0.134. The van der Waals surface area contributed by atoms with E-state index in [1.807, 2.05) is 24.3 Å². The van der Waals surface area contributed by atoms with Gasteiger partial charge in [0.05, 0.1) is 0 Å². The molecule has 1 aliphatic rings. The summed E-state index contributed by atoms with van der Waals surface area (Å²) in [6.07, 6.45) is 0. The zero-order valence-electron chi connectivity index (χ0n) is 14.0. The van der Waals surface area contributed by atoms with Gasteiger partial charge in [-0.2, -0.15) is 0 Å². The number of hydrogen-bond acceptors (Lipinski definition) is 1. The standard InChI is InChI=1S/C25H14O/c26-25-20-8-4-3-7-19(20)24-21(25)14-13-17-12-11-16-10-9-15-5-1-2-6-18(15)22(16)23(17)24/h1-14H. The van der Waals surface area contributed by atoms with Crippen molar-refractivity contribution < 1.29 is 4.79 Å². The van der Waals surface area contributed by atoms with E-state index < -0.39 is 0 Å². The molecule has 0 N–H and O–H groups in total. The normalized spacial score (nSPS) is 12.7. The summed E-state index contributed by atoms with van der Waals surface area (Å²) in [6.45, 7) is 0. The van der Waals surface area contributed by atoms with Crippen LogP contribution < -0.4 is 0 Å². The third kappa shape index (κ3) is 1.62. The van der Waals surface area contributed by atoms with Gasteiger partial charge >= 0.3 is 0 Å². The van der Waals surface area contributed by atoms with Crippen molar-refractivity contribution in [1.82, 2.24) is 0 Å². The quantitative estimate of drug-likeness (QED) is 0.296. The number of fused-ring (bicyclic) bond motifs is 9. The second-order valence-electron chi connectivity index (χ2n) is 6.91. The highest BCUT2D eigenvalue weighted by Gasteiger charge is 2.28. The molecule has 0 saturated carbocycles. The van der Waals surface area contributed by atoms with Gasteiger partial charge in [-0.15, -0.1) is 0 Å². The fourth-order valence-electron chi connectivity index (χ4n) is 4.43. The molecule has 0 radical (unpaired) electrons. The van der Waals surface area contributed by atoms with Crippen molar-refractivity contribution in [2.45, 2.75) is 0 Å². The summed E-state index contributed by atoms with van der Waals surface area (Å²) >= 11 is 0. The van der Waals surface area contributed by atoms with Crippen LogP contribution in [0, 0.1) is 0 Å². The number of rotatable bonds is 0. The highest BCUT2D eigenvalue weighted by atomic mass is 16.1. The van der Waals surface area contributed by atoms with Gasteiger partial charge in [0.1, 0.15) is 0 Å². The van der Waals surface area contributed by atoms with Gasteiger partial charge in [0, 0.05) is 16.7 Å². The summed E-state index contributed by atoms with van der Waals surface area (Å²) in [5.74, 6) is 0.134. The molecule has 0 fully saturated rings. The van der Waals surface area contributed by atoms with Crippen LogP contribution in [-0.4, -0.2) is 5.78 Å². The predicted molar refractivity (Wildman–Crippen MR) is 108 cm³/mol. The minimum Gasteiger partial charge on any atom is -0.289 e. The molecular weight excluding hydrogens is 316 g/mol. The molecule has 0 saturated heterocycles. The molecule has 0 unspecified atom stereocenters. The van der Waals surface area contributed by atoms with E-state index in [0.717, 1.165) is 22.3 Å². The first kappa shape index (κ1) is 13.8. The monoisotopic (exact) mass is 330 g/mol. The van der Waals surface area contributed by atoms with E-state index in [0.29, 0.717) is 0 Å². The van der Waals surface area contributed by atoms with Crippen molar-refractivity contribution >= 4 is 38.1 Å². The van der Waals surface area contributed by atoms with Crippen LogP contribution in [0.2, 0.25) is 0 Å². The van der Waals surface area contributed by atoms with Crippen LogP contribution in [0.25, 0.3) is 43.4 Å². The Kier molecular flexibility index (Phi) is 2.55. The van der Waals surface area contributed by atoms with Crippen LogP contribution in [0.4, 0.5) is 0 Å². The maximum Gasteiger partial charge on any atom is 0.194 e. The van der Waals surface area contributed by atoms with Crippen molar-refractivity contribution in [3.8, 4) is 11.1 Å². The van der Waals surface area contributed by atoms with Crippen LogP contribution in [0.5, 0.6) is 0 Å². The van der Waals surface area contributed by atoms with Crippen molar-refractivity contribution in [2.24, 2.45) is 0 Å². The van der Waals surface area contributed by atoms with Crippen LogP contribution in [0.15, 0.2) is 84.9 Å². The maximum absolute atomic E-state index is 12.9. The molecule has 0 bridgehead atoms. The molecular formula is C25H14O. The largest absolute Gasteiger partial charge is 0.289 e. The molecule has 0 aliphatic heterocycles. The van der Waals surface area contributed by atoms with Crippen molar-refractivity contribution in [3.05, 3.63) is 96.1 Å². The lowest BCUT2D eigenvalue weighted by atomic mass is 9.91. The Morgan fingerprint density at radius 2 is 1.08 bits per heavy atom. The molecule has 0 atom stereocenters. The SMILES string of the molecule is O=C1c2ccccc2-c2c1ccc1ccc3ccc4ccccc4c3c21. The van der Waals surface area contributed by atoms with E-state index in [1.165, 1.54) is 32.3 Å². The average molecular weight is 330 g/mol. The zero-order valence-corrected chi connectivity index (χ0v) is 14.0. The number of hydrogen-bond donors (Lipinski definition) is 0. The Morgan fingerprint density at radius 1 is 0.462 bits per heavy atom. The summed E-state index contributed by atoms with van der Waals surface area (Å²) < 4.78 is 0. The highest BCUT2D eigenvalue weighted by molar-refractivity contribution is 6.32. The first-order valence-corrected chi connectivity index (χ1v) is 8.84. The van der Waals surface area contributed by atoms with E-state index in [2.05, 4.69) is 60.7 Å². The summed E-state index contributed by atoms with van der Waals surface area (Å²) in [6, 6.07) is 29.2. The Hall–Kier alpha value is -3.45. The van der Waals surface area contributed by atoms with E-state index >= 15 is 0 Å². The van der Waals surface area contributed by atoms with Gasteiger partial charge in [-0.25, -0.2) is 0 Å². The first-order valence-electron chi connectivity index (χ1n) is 8.84. The highest BCUT2D eigenvalue weighted by Crippen LogP contribution is 2.45. The van der Waals surface area contributed by atoms with Gasteiger partial charge in [0.15, 0.2) is 5.78 Å². The van der Waals surface area contributed by atoms with Gasteiger partial charge in [0.25, 0.3) is 0 Å². The van der Waals surface area contributed by atoms with E-state index in [9.17, 15) is 4.79 Å². The molecule has 0 aromatic heterocycles. The van der Waals surface area contributed by atoms with Crippen molar-refractivity contribution in [2.75, 3.05) is 0 Å². The molecule has 1 nitrogen and oxygen atoms in total. The third-order valence-electron chi connectivity index (χ3n) is 5.58. The summed E-state index contributed by atoms with van der Waals surface area (Å²) in [7, 11) is 0. The fourth-order valence-corrected chi connectivity index (χ4v) is 4.43. The zero-order chi connectivity index (χ0) is 17.3. The van der Waals surface area contributed by atoms with Gasteiger partial charge < -0.3 is 0 Å². The molecule has 5 aromatic carbocycles. The first-order chi connectivity index (χ1) is 12.8. The Labute approximate surface area is 150 Å². The molecule has 1 heteroatoms. The minimum atomic E-state index is 0.134. The van der Waals surface area contributed by atoms with Gasteiger partial charge in [-0.3, -0.25) is 4.79 Å². The maximum atomic E-state index is 12.9. The lowest BCUT2D eigenvalue weighted by Gasteiger charge is -2.12. The van der Waals surface area contributed by atoms with E-state index in [1.54, 1.807) is 0 Å². The van der Waals surface area contributed by atoms with Gasteiger partial charge in [0.2, 0.25) is 0 Å². The molecule has 0 amide bonds. The van der Waals surface area contributed by atoms with Crippen molar-refractivity contribution in [3.63, 3.8) is 0 Å². The number of benzene rings is 5. The summed E-state index contributed by atoms with van der Waals surface area (Å²) in [4.78, 5) is 12.9. The van der Waals surface area contributed by atoms with Gasteiger partial charge in [-0.05, 0) is 43.9 Å². The summed E-state index contributed by atoms with van der Waals surface area (Å²) in [5.41, 5.74) is 3.77. The predicted octanol–water partition coefficient (Wildman–Crippen LogP) is 6.36. The molecule has 1 aliphatic carbocycles. The van der Waals surface area contributed by atoms with Crippen LogP contribution >= 0.6 is 0 Å². The second-order valence-corrected chi connectivity index (χ2v) is 6.91. The number of carbonyl (C=O) groups is 1.